The number of piperidine rings is 1. The highest BCUT2D eigenvalue weighted by atomic mass is 32.1. The van der Waals surface area contributed by atoms with Crippen LogP contribution in [0.2, 0.25) is 0 Å². The minimum absolute atomic E-state index is 0.0700. The summed E-state index contributed by atoms with van der Waals surface area (Å²) in [5.74, 6) is 3.44. The topological polar surface area (TPSA) is 77.0 Å². The molecule has 34 heavy (non-hydrogen) atoms. The van der Waals surface area contributed by atoms with Crippen molar-refractivity contribution in [3.63, 3.8) is 0 Å². The first-order valence-corrected chi connectivity index (χ1v) is 12.6. The number of amides is 1. The smallest absolute Gasteiger partial charge is 0.225 e. The zero-order chi connectivity index (χ0) is 23.7. The number of methoxy groups -OCH3 is 2. The van der Waals surface area contributed by atoms with Crippen LogP contribution in [0.5, 0.6) is 11.5 Å². The number of aromatic nitrogens is 2. The molecule has 0 radical (unpaired) electrons. The van der Waals surface area contributed by atoms with Crippen molar-refractivity contribution in [1.29, 1.82) is 0 Å². The number of morpholine rings is 1. The molecule has 0 aliphatic carbocycles. The molecule has 9 heteroatoms. The predicted molar refractivity (Wildman–Crippen MR) is 133 cm³/mol. The molecule has 5 rings (SSSR count). The van der Waals surface area contributed by atoms with E-state index < -0.39 is 0 Å². The van der Waals surface area contributed by atoms with Gasteiger partial charge in [0, 0.05) is 43.0 Å². The first-order valence-electron chi connectivity index (χ1n) is 11.7. The molecular weight excluding hydrogens is 452 g/mol. The van der Waals surface area contributed by atoms with Gasteiger partial charge in [0.1, 0.15) is 16.5 Å². The summed E-state index contributed by atoms with van der Waals surface area (Å²) in [5.41, 5.74) is 2.12. The highest BCUT2D eigenvalue weighted by Gasteiger charge is 2.31. The molecule has 2 saturated heterocycles. The predicted octanol–water partition coefficient (Wildman–Crippen LogP) is 3.76. The second-order valence-electron chi connectivity index (χ2n) is 8.69. The van der Waals surface area contributed by atoms with Gasteiger partial charge in [-0.2, -0.15) is 0 Å². The SMILES string of the molecule is COc1ccc(-c2csc3nc(C)nc(N4CCC(C(=O)N5CCOCC5)CC4)c23)cc1OC. The number of nitrogens with zero attached hydrogens (tertiary/aromatic N) is 4. The molecule has 2 aliphatic heterocycles. The van der Waals surface area contributed by atoms with Gasteiger partial charge in [-0.1, -0.05) is 6.07 Å². The van der Waals surface area contributed by atoms with Gasteiger partial charge in [-0.15, -0.1) is 11.3 Å². The number of carbonyl (C=O) groups excluding carboxylic acids is 1. The average molecular weight is 483 g/mol. The lowest BCUT2D eigenvalue weighted by molar-refractivity contribution is -0.140. The number of ether oxygens (including phenoxy) is 3. The molecule has 0 saturated carbocycles. The lowest BCUT2D eigenvalue weighted by Crippen LogP contribution is -2.47. The Hall–Kier alpha value is -2.91. The van der Waals surface area contributed by atoms with E-state index in [0.29, 0.717) is 37.8 Å². The van der Waals surface area contributed by atoms with Crippen LogP contribution in [0.15, 0.2) is 23.6 Å². The number of hydrogen-bond acceptors (Lipinski definition) is 8. The monoisotopic (exact) mass is 482 g/mol. The van der Waals surface area contributed by atoms with Crippen molar-refractivity contribution in [2.75, 3.05) is 58.5 Å². The van der Waals surface area contributed by atoms with E-state index in [0.717, 1.165) is 58.9 Å². The third kappa shape index (κ3) is 4.30. The Morgan fingerprint density at radius 3 is 2.50 bits per heavy atom. The first kappa shape index (κ1) is 22.9. The fourth-order valence-electron chi connectivity index (χ4n) is 4.85. The number of hydrogen-bond donors (Lipinski definition) is 0. The number of aryl methyl sites for hydroxylation is 1. The van der Waals surface area contributed by atoms with Gasteiger partial charge in [0.25, 0.3) is 0 Å². The summed E-state index contributed by atoms with van der Waals surface area (Å²) in [7, 11) is 3.28. The van der Waals surface area contributed by atoms with Crippen LogP contribution in [0.3, 0.4) is 0 Å². The van der Waals surface area contributed by atoms with E-state index in [4.69, 9.17) is 24.2 Å². The quantitative estimate of drug-likeness (QED) is 0.548. The normalized spacial score (nSPS) is 17.3. The van der Waals surface area contributed by atoms with E-state index in [2.05, 4.69) is 10.3 Å². The molecule has 4 heterocycles. The van der Waals surface area contributed by atoms with Crippen LogP contribution in [0.25, 0.3) is 21.3 Å². The maximum absolute atomic E-state index is 13.0. The lowest BCUT2D eigenvalue weighted by Gasteiger charge is -2.36. The molecule has 1 aromatic carbocycles. The molecule has 180 valence electrons. The number of thiophene rings is 1. The van der Waals surface area contributed by atoms with Gasteiger partial charge in [-0.3, -0.25) is 4.79 Å². The van der Waals surface area contributed by atoms with Gasteiger partial charge >= 0.3 is 0 Å². The second-order valence-corrected chi connectivity index (χ2v) is 9.55. The van der Waals surface area contributed by atoms with Crippen molar-refractivity contribution < 1.29 is 19.0 Å². The van der Waals surface area contributed by atoms with Gasteiger partial charge in [0.05, 0.1) is 32.8 Å². The van der Waals surface area contributed by atoms with E-state index >= 15 is 0 Å². The molecule has 2 fully saturated rings. The Morgan fingerprint density at radius 1 is 1.06 bits per heavy atom. The van der Waals surface area contributed by atoms with Crippen molar-refractivity contribution in [3.05, 3.63) is 29.4 Å². The summed E-state index contributed by atoms with van der Waals surface area (Å²) in [6.45, 7) is 6.22. The Kier molecular flexibility index (Phi) is 6.56. The van der Waals surface area contributed by atoms with Crippen LogP contribution >= 0.6 is 11.3 Å². The highest BCUT2D eigenvalue weighted by Crippen LogP contribution is 2.41. The molecule has 1 amide bonds. The summed E-state index contributed by atoms with van der Waals surface area (Å²) in [6.07, 6.45) is 1.66. The molecular formula is C25H30N4O4S. The van der Waals surface area contributed by atoms with Gasteiger partial charge in [-0.05, 0) is 37.5 Å². The van der Waals surface area contributed by atoms with Crippen molar-refractivity contribution >= 4 is 33.3 Å². The van der Waals surface area contributed by atoms with Gasteiger partial charge in [0.15, 0.2) is 11.5 Å². The Bertz CT molecular complexity index is 1180. The maximum Gasteiger partial charge on any atom is 0.225 e. The van der Waals surface area contributed by atoms with Crippen molar-refractivity contribution in [2.24, 2.45) is 5.92 Å². The summed E-state index contributed by atoms with van der Waals surface area (Å²) >= 11 is 1.63. The summed E-state index contributed by atoms with van der Waals surface area (Å²) < 4.78 is 16.3. The van der Waals surface area contributed by atoms with E-state index in [-0.39, 0.29) is 11.8 Å². The van der Waals surface area contributed by atoms with Crippen LogP contribution in [-0.2, 0) is 9.53 Å². The van der Waals surface area contributed by atoms with E-state index in [1.54, 1.807) is 25.6 Å². The zero-order valence-electron chi connectivity index (χ0n) is 19.9. The lowest BCUT2D eigenvalue weighted by atomic mass is 9.94. The standard InChI is InChI=1S/C25H30N4O4S/c1-16-26-23(28-8-6-17(7-9-28)25(30)29-10-12-33-13-11-29)22-19(15-34-24(22)27-16)18-4-5-20(31-2)21(14-18)32-3/h4-5,14-15,17H,6-13H2,1-3H3. The van der Waals surface area contributed by atoms with E-state index in [9.17, 15) is 4.79 Å². The first-order chi connectivity index (χ1) is 16.6. The Balaban J connectivity index is 1.43. The molecule has 0 atom stereocenters. The number of benzene rings is 1. The van der Waals surface area contributed by atoms with Crippen molar-refractivity contribution in [3.8, 4) is 22.6 Å². The Labute approximate surface area is 203 Å². The second kappa shape index (κ2) is 9.76. The summed E-state index contributed by atoms with van der Waals surface area (Å²) in [6, 6.07) is 5.96. The largest absolute Gasteiger partial charge is 0.493 e. The van der Waals surface area contributed by atoms with Gasteiger partial charge < -0.3 is 24.0 Å². The molecule has 8 nitrogen and oxygen atoms in total. The van der Waals surface area contributed by atoms with Crippen LogP contribution in [0.1, 0.15) is 18.7 Å². The van der Waals surface area contributed by atoms with Crippen LogP contribution in [0, 0.1) is 12.8 Å². The van der Waals surface area contributed by atoms with Crippen LogP contribution < -0.4 is 14.4 Å². The fourth-order valence-corrected chi connectivity index (χ4v) is 5.84. The van der Waals surface area contributed by atoms with E-state index in [1.165, 1.54) is 0 Å². The third-order valence-electron chi connectivity index (χ3n) is 6.69. The van der Waals surface area contributed by atoms with Gasteiger partial charge in [-0.25, -0.2) is 9.97 Å². The number of carbonyl (C=O) groups is 1. The highest BCUT2D eigenvalue weighted by molar-refractivity contribution is 7.17. The molecule has 0 unspecified atom stereocenters. The summed E-state index contributed by atoms with van der Waals surface area (Å²) in [5, 5.41) is 3.19. The molecule has 2 aromatic heterocycles. The molecule has 0 spiro atoms. The van der Waals surface area contributed by atoms with Crippen molar-refractivity contribution in [2.45, 2.75) is 19.8 Å². The number of fused-ring (bicyclic) bond motifs is 1. The third-order valence-corrected chi connectivity index (χ3v) is 7.56. The minimum atomic E-state index is 0.0700. The minimum Gasteiger partial charge on any atom is -0.493 e. The van der Waals surface area contributed by atoms with Gasteiger partial charge in [0.2, 0.25) is 5.91 Å². The molecule has 2 aliphatic rings. The molecule has 0 bridgehead atoms. The summed E-state index contributed by atoms with van der Waals surface area (Å²) in [4.78, 5) is 27.8. The molecule has 3 aromatic rings. The number of rotatable bonds is 5. The zero-order valence-corrected chi connectivity index (χ0v) is 20.7. The van der Waals surface area contributed by atoms with E-state index in [1.807, 2.05) is 30.0 Å². The molecule has 0 N–H and O–H groups in total. The number of anilines is 1. The Morgan fingerprint density at radius 2 is 1.79 bits per heavy atom. The van der Waals surface area contributed by atoms with Crippen molar-refractivity contribution in [1.82, 2.24) is 14.9 Å². The fraction of sp³-hybridized carbons (Fsp3) is 0.480. The van der Waals surface area contributed by atoms with Crippen LogP contribution in [-0.4, -0.2) is 74.4 Å². The van der Waals surface area contributed by atoms with Crippen LogP contribution in [0.4, 0.5) is 5.82 Å². The maximum atomic E-state index is 13.0. The average Bonchev–Trinajstić information content (AvgIpc) is 3.31.